The molecule has 3 aliphatic rings. The van der Waals surface area contributed by atoms with Gasteiger partial charge >= 0.3 is 0 Å². The van der Waals surface area contributed by atoms with Crippen LogP contribution >= 0.6 is 11.6 Å². The fourth-order valence-corrected chi connectivity index (χ4v) is 3.61. The van der Waals surface area contributed by atoms with E-state index in [4.69, 9.17) is 11.6 Å². The number of fused-ring (bicyclic) bond motifs is 2. The van der Waals surface area contributed by atoms with Gasteiger partial charge in [-0.05, 0) is 14.0 Å². The Bertz CT molecular complexity index is 804. The Kier molecular flexibility index (Phi) is 3.33. The molecule has 0 bridgehead atoms. The Hall–Kier alpha value is -2.12. The molecule has 0 radical (unpaired) electrons. The fourth-order valence-electron chi connectivity index (χ4n) is 3.43. The standard InChI is InChI=1S/C16H19ClN6O/c1-8-12(17)13-11-14(18-8)22(4)9(2)19-15(11)23-6-5-21(3)7-10(23)16(24)20-13/h10H,2,5-7H2,1,3-4H3,(H,20,24). The summed E-state index contributed by atoms with van der Waals surface area (Å²) in [6.07, 6.45) is 0. The van der Waals surface area contributed by atoms with Gasteiger partial charge in [0.15, 0.2) is 0 Å². The molecule has 7 nitrogen and oxygen atoms in total. The molecular weight excluding hydrogens is 328 g/mol. The van der Waals surface area contributed by atoms with Crippen molar-refractivity contribution in [3.8, 4) is 0 Å². The van der Waals surface area contributed by atoms with Gasteiger partial charge in [-0.3, -0.25) is 4.79 Å². The summed E-state index contributed by atoms with van der Waals surface area (Å²) >= 11 is 6.48. The van der Waals surface area contributed by atoms with Gasteiger partial charge in [0, 0.05) is 26.7 Å². The van der Waals surface area contributed by atoms with E-state index in [-0.39, 0.29) is 11.9 Å². The zero-order chi connectivity index (χ0) is 17.2. The molecule has 0 aromatic carbocycles. The fraction of sp³-hybridized carbons (Fsp3) is 0.438. The lowest BCUT2D eigenvalue weighted by atomic mass is 10.1. The second-order valence-electron chi connectivity index (χ2n) is 6.46. The molecule has 1 fully saturated rings. The van der Waals surface area contributed by atoms with Crippen LogP contribution in [0.25, 0.3) is 0 Å². The van der Waals surface area contributed by atoms with Gasteiger partial charge in [0.25, 0.3) is 0 Å². The number of nitrogens with zero attached hydrogens (tertiary/aromatic N) is 5. The highest BCUT2D eigenvalue weighted by atomic mass is 35.5. The maximum atomic E-state index is 12.8. The lowest BCUT2D eigenvalue weighted by Gasteiger charge is -2.40. The zero-order valence-electron chi connectivity index (χ0n) is 13.9. The second-order valence-corrected chi connectivity index (χ2v) is 6.83. The van der Waals surface area contributed by atoms with E-state index < -0.39 is 0 Å². The Morgan fingerprint density at radius 3 is 2.83 bits per heavy atom. The first kappa shape index (κ1) is 15.4. The normalized spacial score (nSPS) is 23.3. The van der Waals surface area contributed by atoms with Crippen molar-refractivity contribution in [2.24, 2.45) is 4.99 Å². The maximum absolute atomic E-state index is 12.8. The molecule has 1 atom stereocenters. The number of amides is 1. The highest BCUT2D eigenvalue weighted by Crippen LogP contribution is 2.41. The van der Waals surface area contributed by atoms with Crippen LogP contribution < -0.4 is 10.2 Å². The summed E-state index contributed by atoms with van der Waals surface area (Å²) in [6.45, 7) is 8.08. The number of rotatable bonds is 0. The van der Waals surface area contributed by atoms with Gasteiger partial charge in [-0.25, -0.2) is 9.98 Å². The number of carbonyl (C=O) groups is 1. The summed E-state index contributed by atoms with van der Waals surface area (Å²) in [7, 11) is 3.88. The van der Waals surface area contributed by atoms with E-state index in [1.165, 1.54) is 0 Å². The summed E-state index contributed by atoms with van der Waals surface area (Å²) in [6, 6.07) is -0.310. The van der Waals surface area contributed by atoms with Crippen LogP contribution in [0.1, 0.15) is 11.3 Å². The van der Waals surface area contributed by atoms with Crippen LogP contribution in [0.3, 0.4) is 0 Å². The molecule has 1 amide bonds. The number of pyridine rings is 1. The minimum Gasteiger partial charge on any atom is -0.341 e. The molecule has 0 spiro atoms. The monoisotopic (exact) mass is 346 g/mol. The molecule has 1 aromatic heterocycles. The van der Waals surface area contributed by atoms with Crippen molar-refractivity contribution in [3.05, 3.63) is 28.7 Å². The number of aliphatic imine (C=N–C) groups is 1. The van der Waals surface area contributed by atoms with Crippen molar-refractivity contribution in [1.82, 2.24) is 14.8 Å². The topological polar surface area (TPSA) is 64.1 Å². The van der Waals surface area contributed by atoms with Gasteiger partial charge in [-0.1, -0.05) is 18.2 Å². The first-order chi connectivity index (χ1) is 11.4. The number of likely N-dealkylation sites (N-methyl/N-ethyl adjacent to an activating group) is 1. The molecule has 0 saturated carbocycles. The van der Waals surface area contributed by atoms with Gasteiger partial charge < -0.3 is 20.0 Å². The number of carbonyl (C=O) groups excluding carboxylic acids is 1. The van der Waals surface area contributed by atoms with E-state index >= 15 is 0 Å². The average molecular weight is 347 g/mol. The molecule has 126 valence electrons. The Labute approximate surface area is 145 Å². The van der Waals surface area contributed by atoms with Crippen molar-refractivity contribution in [2.45, 2.75) is 13.0 Å². The van der Waals surface area contributed by atoms with Crippen molar-refractivity contribution >= 4 is 34.8 Å². The smallest absolute Gasteiger partial charge is 0.248 e. The van der Waals surface area contributed by atoms with Crippen molar-refractivity contribution in [3.63, 3.8) is 0 Å². The minimum absolute atomic E-state index is 0.0679. The number of piperazine rings is 1. The number of hydrogen-bond donors (Lipinski definition) is 1. The molecule has 3 aliphatic heterocycles. The van der Waals surface area contributed by atoms with Crippen LogP contribution in [0.15, 0.2) is 17.4 Å². The Balaban J connectivity index is 1.99. The number of halogens is 1. The first-order valence-electron chi connectivity index (χ1n) is 7.86. The Morgan fingerprint density at radius 2 is 2.08 bits per heavy atom. The predicted molar refractivity (Wildman–Crippen MR) is 94.7 cm³/mol. The van der Waals surface area contributed by atoms with Gasteiger partial charge in [0.2, 0.25) is 5.91 Å². The molecule has 1 saturated heterocycles. The number of anilines is 2. The number of aryl methyl sites for hydroxylation is 1. The maximum Gasteiger partial charge on any atom is 0.248 e. The summed E-state index contributed by atoms with van der Waals surface area (Å²) in [4.78, 5) is 28.1. The van der Waals surface area contributed by atoms with E-state index in [2.05, 4.69) is 31.7 Å². The second kappa shape index (κ2) is 5.19. The van der Waals surface area contributed by atoms with Crippen molar-refractivity contribution in [1.29, 1.82) is 0 Å². The molecule has 1 N–H and O–H groups in total. The van der Waals surface area contributed by atoms with Crippen LogP contribution in [0.4, 0.5) is 11.5 Å². The highest BCUT2D eigenvalue weighted by molar-refractivity contribution is 6.36. The van der Waals surface area contributed by atoms with E-state index in [0.29, 0.717) is 28.8 Å². The van der Waals surface area contributed by atoms with Gasteiger partial charge in [-0.15, -0.1) is 0 Å². The minimum atomic E-state index is -0.310. The zero-order valence-corrected chi connectivity index (χ0v) is 14.7. The molecule has 1 unspecified atom stereocenters. The number of amidine groups is 1. The van der Waals surface area contributed by atoms with Crippen LogP contribution in [-0.4, -0.2) is 66.3 Å². The molecule has 0 aliphatic carbocycles. The predicted octanol–water partition coefficient (Wildman–Crippen LogP) is 1.28. The number of aromatic nitrogens is 1. The largest absolute Gasteiger partial charge is 0.341 e. The summed E-state index contributed by atoms with van der Waals surface area (Å²) < 4.78 is 0. The summed E-state index contributed by atoms with van der Waals surface area (Å²) in [5, 5.41) is 3.47. The van der Waals surface area contributed by atoms with E-state index in [9.17, 15) is 4.79 Å². The molecule has 8 heteroatoms. The molecule has 4 heterocycles. The third kappa shape index (κ3) is 2.04. The van der Waals surface area contributed by atoms with Crippen molar-refractivity contribution < 1.29 is 4.79 Å². The highest BCUT2D eigenvalue weighted by Gasteiger charge is 2.41. The Morgan fingerprint density at radius 1 is 1.33 bits per heavy atom. The van der Waals surface area contributed by atoms with Crippen LogP contribution in [-0.2, 0) is 4.79 Å². The average Bonchev–Trinajstić information content (AvgIpc) is 2.66. The lowest BCUT2D eigenvalue weighted by Crippen LogP contribution is -2.58. The van der Waals surface area contributed by atoms with Crippen molar-refractivity contribution in [2.75, 3.05) is 43.9 Å². The van der Waals surface area contributed by atoms with Gasteiger partial charge in [-0.2, -0.15) is 0 Å². The van der Waals surface area contributed by atoms with E-state index in [0.717, 1.165) is 30.3 Å². The lowest BCUT2D eigenvalue weighted by molar-refractivity contribution is -0.121. The van der Waals surface area contributed by atoms with Gasteiger partial charge in [0.1, 0.15) is 23.5 Å². The molecule has 1 aromatic rings. The van der Waals surface area contributed by atoms with Crippen LogP contribution in [0.2, 0.25) is 5.02 Å². The van der Waals surface area contributed by atoms with Gasteiger partial charge in [0.05, 0.1) is 22.0 Å². The summed E-state index contributed by atoms with van der Waals surface area (Å²) in [5.41, 5.74) is 2.05. The summed E-state index contributed by atoms with van der Waals surface area (Å²) in [5.74, 6) is 1.99. The number of nitrogens with one attached hydrogen (secondary N) is 1. The molecule has 4 rings (SSSR count). The quantitative estimate of drug-likeness (QED) is 0.766. The SMILES string of the molecule is C=C1N=C2c3c(nc(C)c(Cl)c3NC(=O)C3CN(C)CCN23)N1C. The van der Waals surface area contributed by atoms with Crippen LogP contribution in [0, 0.1) is 6.92 Å². The third-order valence-corrected chi connectivity index (χ3v) is 5.32. The molecular formula is C16H19ClN6O. The van der Waals surface area contributed by atoms with E-state index in [1.54, 1.807) is 0 Å². The first-order valence-corrected chi connectivity index (χ1v) is 8.24. The molecule has 24 heavy (non-hydrogen) atoms. The number of hydrogen-bond acceptors (Lipinski definition) is 6. The van der Waals surface area contributed by atoms with E-state index in [1.807, 2.05) is 25.9 Å². The third-order valence-electron chi connectivity index (χ3n) is 4.85. The van der Waals surface area contributed by atoms with Crippen LogP contribution in [0.5, 0.6) is 0 Å².